The summed E-state index contributed by atoms with van der Waals surface area (Å²) in [6.45, 7) is 5.43. The molecule has 5 heteroatoms. The molecule has 0 saturated carbocycles. The molecule has 1 N–H and O–H groups in total. The van der Waals surface area contributed by atoms with Crippen LogP contribution in [-0.4, -0.2) is 28.2 Å². The van der Waals surface area contributed by atoms with Crippen LogP contribution < -0.4 is 4.74 Å². The third-order valence-corrected chi connectivity index (χ3v) is 5.06. The first-order valence-electron chi connectivity index (χ1n) is 8.99. The van der Waals surface area contributed by atoms with E-state index in [4.69, 9.17) is 16.3 Å². The lowest BCUT2D eigenvalue weighted by Gasteiger charge is -2.27. The summed E-state index contributed by atoms with van der Waals surface area (Å²) in [4.78, 5) is 2.47. The van der Waals surface area contributed by atoms with Crippen molar-refractivity contribution < 1.29 is 4.74 Å². The number of fused-ring (bicyclic) bond motifs is 1. The van der Waals surface area contributed by atoms with E-state index in [9.17, 15) is 0 Å². The summed E-state index contributed by atoms with van der Waals surface area (Å²) in [6, 6.07) is 16.5. The molecule has 3 aromatic rings. The Kier molecular flexibility index (Phi) is 4.96. The van der Waals surface area contributed by atoms with Gasteiger partial charge in [-0.25, -0.2) is 0 Å². The molecule has 0 amide bonds. The standard InChI is InChI=1S/C21H22ClN3O/c1-2-26-20-9-8-16(12-18(20)22)21-17-14-25(11-10-19(17)23-24-21)13-15-6-4-3-5-7-15/h3-9,12H,2,10-11,13-14H2,1H3,(H,23,24). The number of aromatic nitrogens is 2. The van der Waals surface area contributed by atoms with Gasteiger partial charge < -0.3 is 4.74 Å². The van der Waals surface area contributed by atoms with Crippen LogP contribution >= 0.6 is 11.6 Å². The molecule has 0 saturated heterocycles. The zero-order valence-corrected chi connectivity index (χ0v) is 15.6. The van der Waals surface area contributed by atoms with Gasteiger partial charge in [0.1, 0.15) is 5.75 Å². The molecule has 0 fully saturated rings. The normalized spacial score (nSPS) is 14.2. The number of ether oxygens (including phenoxy) is 1. The van der Waals surface area contributed by atoms with Gasteiger partial charge >= 0.3 is 0 Å². The second-order valence-corrected chi connectivity index (χ2v) is 6.96. The molecule has 0 aliphatic carbocycles. The summed E-state index contributed by atoms with van der Waals surface area (Å²) in [7, 11) is 0. The molecule has 0 spiro atoms. The zero-order chi connectivity index (χ0) is 17.9. The lowest BCUT2D eigenvalue weighted by Crippen LogP contribution is -2.29. The van der Waals surface area contributed by atoms with Crippen molar-refractivity contribution in [3.8, 4) is 17.0 Å². The molecular formula is C21H22ClN3O. The smallest absolute Gasteiger partial charge is 0.137 e. The van der Waals surface area contributed by atoms with Gasteiger partial charge in [0.25, 0.3) is 0 Å². The van der Waals surface area contributed by atoms with Crippen LogP contribution in [0.1, 0.15) is 23.7 Å². The average Bonchev–Trinajstić information content (AvgIpc) is 3.08. The number of nitrogens with zero attached hydrogens (tertiary/aromatic N) is 2. The van der Waals surface area contributed by atoms with Crippen LogP contribution in [0.25, 0.3) is 11.3 Å². The number of halogens is 1. The molecule has 0 unspecified atom stereocenters. The third-order valence-electron chi connectivity index (χ3n) is 4.77. The van der Waals surface area contributed by atoms with E-state index in [2.05, 4.69) is 45.4 Å². The summed E-state index contributed by atoms with van der Waals surface area (Å²) in [5.74, 6) is 0.716. The molecule has 26 heavy (non-hydrogen) atoms. The minimum absolute atomic E-state index is 0.602. The van der Waals surface area contributed by atoms with E-state index in [1.807, 2.05) is 25.1 Å². The van der Waals surface area contributed by atoms with E-state index in [1.54, 1.807) is 0 Å². The minimum Gasteiger partial charge on any atom is -0.492 e. The van der Waals surface area contributed by atoms with Crippen LogP contribution in [0.5, 0.6) is 5.75 Å². The highest BCUT2D eigenvalue weighted by molar-refractivity contribution is 6.32. The van der Waals surface area contributed by atoms with Gasteiger partial charge in [-0.2, -0.15) is 5.10 Å². The van der Waals surface area contributed by atoms with E-state index in [1.165, 1.54) is 16.8 Å². The van der Waals surface area contributed by atoms with Gasteiger partial charge in [0.15, 0.2) is 0 Å². The average molecular weight is 368 g/mol. The number of hydrogen-bond acceptors (Lipinski definition) is 3. The predicted molar refractivity (Wildman–Crippen MR) is 104 cm³/mol. The predicted octanol–water partition coefficient (Wildman–Crippen LogP) is 4.69. The van der Waals surface area contributed by atoms with Gasteiger partial charge in [-0.1, -0.05) is 41.9 Å². The van der Waals surface area contributed by atoms with Gasteiger partial charge in [0.2, 0.25) is 0 Å². The third kappa shape index (κ3) is 3.48. The van der Waals surface area contributed by atoms with Crippen molar-refractivity contribution in [2.24, 2.45) is 0 Å². The molecule has 0 radical (unpaired) electrons. The van der Waals surface area contributed by atoms with Gasteiger partial charge in [0.05, 0.1) is 17.3 Å². The highest BCUT2D eigenvalue weighted by Crippen LogP contribution is 2.33. The van der Waals surface area contributed by atoms with E-state index in [-0.39, 0.29) is 0 Å². The van der Waals surface area contributed by atoms with Crippen LogP contribution in [0.15, 0.2) is 48.5 Å². The number of H-pyrrole nitrogens is 1. The molecule has 0 atom stereocenters. The molecule has 4 rings (SSSR count). The molecule has 0 bridgehead atoms. The lowest BCUT2D eigenvalue weighted by molar-refractivity contribution is 0.245. The number of rotatable bonds is 5. The van der Waals surface area contributed by atoms with Crippen LogP contribution in [0, 0.1) is 0 Å². The first-order valence-corrected chi connectivity index (χ1v) is 9.37. The second-order valence-electron chi connectivity index (χ2n) is 6.55. The Morgan fingerprint density at radius 3 is 2.81 bits per heavy atom. The monoisotopic (exact) mass is 367 g/mol. The number of nitrogens with one attached hydrogen (secondary N) is 1. The van der Waals surface area contributed by atoms with Crippen LogP contribution in [0.2, 0.25) is 5.02 Å². The van der Waals surface area contributed by atoms with E-state index < -0.39 is 0 Å². The minimum atomic E-state index is 0.602. The largest absolute Gasteiger partial charge is 0.492 e. The maximum Gasteiger partial charge on any atom is 0.137 e. The Morgan fingerprint density at radius 1 is 1.19 bits per heavy atom. The van der Waals surface area contributed by atoms with E-state index in [0.717, 1.165) is 37.3 Å². The van der Waals surface area contributed by atoms with Crippen LogP contribution in [0.3, 0.4) is 0 Å². The summed E-state index contributed by atoms with van der Waals surface area (Å²) in [5.41, 5.74) is 5.85. The van der Waals surface area contributed by atoms with Crippen LogP contribution in [-0.2, 0) is 19.5 Å². The summed E-state index contributed by atoms with van der Waals surface area (Å²) < 4.78 is 5.54. The molecule has 134 valence electrons. The Hall–Kier alpha value is -2.30. The SMILES string of the molecule is CCOc1ccc(-c2n[nH]c3c2CN(Cc2ccccc2)CC3)cc1Cl. The van der Waals surface area contributed by atoms with Crippen molar-refractivity contribution >= 4 is 11.6 Å². The van der Waals surface area contributed by atoms with Crippen molar-refractivity contribution in [1.29, 1.82) is 0 Å². The summed E-state index contributed by atoms with van der Waals surface area (Å²) in [5, 5.41) is 8.42. The van der Waals surface area contributed by atoms with Crippen LogP contribution in [0.4, 0.5) is 0 Å². The maximum atomic E-state index is 6.37. The first-order chi connectivity index (χ1) is 12.7. The number of benzene rings is 2. The molecule has 2 heterocycles. The molecule has 1 aromatic heterocycles. The van der Waals surface area contributed by atoms with E-state index >= 15 is 0 Å². The molecule has 1 aliphatic rings. The van der Waals surface area contributed by atoms with Gasteiger partial charge in [0, 0.05) is 42.9 Å². The maximum absolute atomic E-state index is 6.37. The Morgan fingerprint density at radius 2 is 2.04 bits per heavy atom. The molecule has 1 aliphatic heterocycles. The highest BCUT2D eigenvalue weighted by atomic mass is 35.5. The zero-order valence-electron chi connectivity index (χ0n) is 14.8. The Bertz CT molecular complexity index is 892. The Labute approximate surface area is 158 Å². The van der Waals surface area contributed by atoms with Gasteiger partial charge in [-0.05, 0) is 30.7 Å². The van der Waals surface area contributed by atoms with Crippen molar-refractivity contribution in [2.45, 2.75) is 26.4 Å². The molecule has 2 aromatic carbocycles. The van der Waals surface area contributed by atoms with Gasteiger partial charge in [-0.15, -0.1) is 0 Å². The van der Waals surface area contributed by atoms with E-state index in [0.29, 0.717) is 17.4 Å². The van der Waals surface area contributed by atoms with Crippen molar-refractivity contribution in [2.75, 3.05) is 13.2 Å². The fourth-order valence-corrected chi connectivity index (χ4v) is 3.72. The number of aromatic amines is 1. The fraction of sp³-hybridized carbons (Fsp3) is 0.286. The topological polar surface area (TPSA) is 41.1 Å². The number of hydrogen-bond donors (Lipinski definition) is 1. The summed E-state index contributed by atoms with van der Waals surface area (Å²) in [6.07, 6.45) is 0.986. The fourth-order valence-electron chi connectivity index (χ4n) is 3.49. The Balaban J connectivity index is 1.58. The van der Waals surface area contributed by atoms with Gasteiger partial charge in [-0.3, -0.25) is 10.00 Å². The quantitative estimate of drug-likeness (QED) is 0.711. The van der Waals surface area contributed by atoms with Crippen molar-refractivity contribution in [3.05, 3.63) is 70.4 Å². The summed E-state index contributed by atoms with van der Waals surface area (Å²) >= 11 is 6.37. The van der Waals surface area contributed by atoms with Crippen molar-refractivity contribution in [3.63, 3.8) is 0 Å². The van der Waals surface area contributed by atoms with Crippen molar-refractivity contribution in [1.82, 2.24) is 15.1 Å². The first kappa shape index (κ1) is 17.1. The molecular weight excluding hydrogens is 346 g/mol. The highest BCUT2D eigenvalue weighted by Gasteiger charge is 2.23. The second kappa shape index (κ2) is 7.52. The lowest BCUT2D eigenvalue weighted by atomic mass is 10.0. The molecule has 4 nitrogen and oxygen atoms in total.